The van der Waals surface area contributed by atoms with Crippen LogP contribution in [0.4, 0.5) is 5.69 Å². The summed E-state index contributed by atoms with van der Waals surface area (Å²) in [6.45, 7) is 2.23. The lowest BCUT2D eigenvalue weighted by molar-refractivity contribution is 0.130. The Labute approximate surface area is 177 Å². The predicted octanol–water partition coefficient (Wildman–Crippen LogP) is 3.31. The molecule has 0 N–H and O–H groups in total. The lowest BCUT2D eigenvalue weighted by Gasteiger charge is -2.14. The van der Waals surface area contributed by atoms with Gasteiger partial charge in [0.15, 0.2) is 9.84 Å². The van der Waals surface area contributed by atoms with Gasteiger partial charge in [-0.3, -0.25) is 5.01 Å². The minimum atomic E-state index is -3.36. The molecule has 0 aliphatic carbocycles. The van der Waals surface area contributed by atoms with E-state index in [2.05, 4.69) is 5.10 Å². The molecule has 1 heterocycles. The molecule has 156 valence electrons. The zero-order chi connectivity index (χ0) is 20.9. The van der Waals surface area contributed by atoms with Crippen molar-refractivity contribution in [2.24, 2.45) is 5.10 Å². The van der Waals surface area contributed by atoms with Crippen LogP contribution >= 0.6 is 11.6 Å². The first-order valence-electron chi connectivity index (χ1n) is 9.51. The molecule has 8 heteroatoms. The molecule has 1 aliphatic rings. The van der Waals surface area contributed by atoms with Gasteiger partial charge in [-0.2, -0.15) is 5.10 Å². The van der Waals surface area contributed by atoms with Crippen LogP contribution in [0, 0.1) is 0 Å². The smallest absolute Gasteiger partial charge is 0.180 e. The van der Waals surface area contributed by atoms with Gasteiger partial charge in [-0.25, -0.2) is 8.42 Å². The number of rotatable bonds is 9. The topological polar surface area (TPSA) is 62.2 Å². The van der Waals surface area contributed by atoms with Gasteiger partial charge in [0.2, 0.25) is 0 Å². The van der Waals surface area contributed by atoms with Crippen molar-refractivity contribution in [2.45, 2.75) is 11.3 Å². The maximum atomic E-state index is 12.5. The molecular formula is C21H26ClN3O3S. The normalized spacial score (nSPS) is 14.5. The maximum Gasteiger partial charge on any atom is 0.180 e. The third-order valence-corrected chi connectivity index (χ3v) is 6.60. The van der Waals surface area contributed by atoms with E-state index in [1.165, 1.54) is 0 Å². The molecular weight excluding hydrogens is 410 g/mol. The highest BCUT2D eigenvalue weighted by Crippen LogP contribution is 2.24. The fourth-order valence-corrected chi connectivity index (χ4v) is 4.20. The molecule has 1 aliphatic heterocycles. The Morgan fingerprint density at radius 3 is 2.41 bits per heavy atom. The molecule has 0 saturated carbocycles. The molecule has 0 aromatic heterocycles. The third kappa shape index (κ3) is 6.02. The number of ether oxygens (including phenoxy) is 1. The number of likely N-dealkylation sites (N-methyl/N-ethyl adjacent to an activating group) is 1. The number of hydrazone groups is 1. The lowest BCUT2D eigenvalue weighted by atomic mass is 10.1. The van der Waals surface area contributed by atoms with Crippen molar-refractivity contribution in [2.75, 3.05) is 51.2 Å². The summed E-state index contributed by atoms with van der Waals surface area (Å²) in [5.41, 5.74) is 2.91. The highest BCUT2D eigenvalue weighted by Gasteiger charge is 2.19. The Morgan fingerprint density at radius 2 is 1.76 bits per heavy atom. The van der Waals surface area contributed by atoms with Crippen molar-refractivity contribution < 1.29 is 13.2 Å². The molecule has 0 radical (unpaired) electrons. The van der Waals surface area contributed by atoms with Crippen LogP contribution in [-0.2, 0) is 14.6 Å². The second kappa shape index (κ2) is 9.71. The van der Waals surface area contributed by atoms with Crippen molar-refractivity contribution in [1.29, 1.82) is 0 Å². The van der Waals surface area contributed by atoms with E-state index in [9.17, 15) is 8.42 Å². The van der Waals surface area contributed by atoms with Gasteiger partial charge in [0.25, 0.3) is 0 Å². The highest BCUT2D eigenvalue weighted by molar-refractivity contribution is 7.91. The zero-order valence-corrected chi connectivity index (χ0v) is 18.3. The molecule has 2 aromatic carbocycles. The second-order valence-electron chi connectivity index (χ2n) is 7.16. The first-order chi connectivity index (χ1) is 13.8. The molecule has 0 bridgehead atoms. The minimum absolute atomic E-state index is 0.0254. The van der Waals surface area contributed by atoms with Gasteiger partial charge in [0, 0.05) is 24.5 Å². The number of nitrogens with zero attached hydrogens (tertiary/aromatic N) is 3. The van der Waals surface area contributed by atoms with Crippen LogP contribution < -0.4 is 5.01 Å². The average Bonchev–Trinajstić information content (AvgIpc) is 3.18. The Kier molecular flexibility index (Phi) is 7.29. The molecule has 0 fully saturated rings. The number of benzene rings is 2. The van der Waals surface area contributed by atoms with Gasteiger partial charge >= 0.3 is 0 Å². The molecule has 3 rings (SSSR count). The summed E-state index contributed by atoms with van der Waals surface area (Å²) in [5.74, 6) is -0.0254. The van der Waals surface area contributed by atoms with Crippen LogP contribution in [-0.4, -0.2) is 65.2 Å². The molecule has 29 heavy (non-hydrogen) atoms. The quantitative estimate of drug-likeness (QED) is 0.565. The Bertz CT molecular complexity index is 942. The first kappa shape index (κ1) is 21.8. The van der Waals surface area contributed by atoms with Gasteiger partial charge < -0.3 is 9.64 Å². The van der Waals surface area contributed by atoms with Gasteiger partial charge in [-0.15, -0.1) is 0 Å². The lowest BCUT2D eigenvalue weighted by Crippen LogP contribution is -2.20. The van der Waals surface area contributed by atoms with Crippen LogP contribution in [0.1, 0.15) is 12.0 Å². The van der Waals surface area contributed by atoms with E-state index < -0.39 is 9.84 Å². The molecule has 0 saturated heterocycles. The molecule has 0 spiro atoms. The van der Waals surface area contributed by atoms with E-state index in [4.69, 9.17) is 16.3 Å². The standard InChI is InChI=1S/C21H26ClN3O3S/c1-24(2)13-14-28-15-16-29(26,27)20-9-7-19(8-10-20)25-12-11-21(23-25)17-3-5-18(22)6-4-17/h3-10H,11-16H2,1-2H3. The van der Waals surface area contributed by atoms with Gasteiger partial charge in [-0.05, 0) is 56.1 Å². The predicted molar refractivity (Wildman–Crippen MR) is 118 cm³/mol. The van der Waals surface area contributed by atoms with Crippen molar-refractivity contribution in [3.05, 3.63) is 59.1 Å². The number of anilines is 1. The highest BCUT2D eigenvalue weighted by atomic mass is 35.5. The Hall–Kier alpha value is -1.93. The van der Waals surface area contributed by atoms with Gasteiger partial charge in [0.05, 0.1) is 35.3 Å². The summed E-state index contributed by atoms with van der Waals surface area (Å²) in [5, 5.41) is 7.26. The zero-order valence-electron chi connectivity index (χ0n) is 16.7. The van der Waals surface area contributed by atoms with Gasteiger partial charge in [0.1, 0.15) is 0 Å². The fourth-order valence-electron chi connectivity index (χ4n) is 2.95. The SMILES string of the molecule is CN(C)CCOCCS(=O)(=O)c1ccc(N2CCC(c3ccc(Cl)cc3)=N2)cc1. The van der Waals surface area contributed by atoms with E-state index in [1.807, 2.05) is 48.3 Å². The summed E-state index contributed by atoms with van der Waals surface area (Å²) in [6.07, 6.45) is 0.825. The summed E-state index contributed by atoms with van der Waals surface area (Å²) < 4.78 is 30.4. The molecule has 0 unspecified atom stereocenters. The summed E-state index contributed by atoms with van der Waals surface area (Å²) >= 11 is 5.95. The summed E-state index contributed by atoms with van der Waals surface area (Å²) in [4.78, 5) is 2.30. The first-order valence-corrected chi connectivity index (χ1v) is 11.5. The number of halogens is 1. The number of sulfone groups is 1. The van der Waals surface area contributed by atoms with E-state index in [-0.39, 0.29) is 12.4 Å². The van der Waals surface area contributed by atoms with Crippen molar-refractivity contribution in [3.8, 4) is 0 Å². The maximum absolute atomic E-state index is 12.5. The van der Waals surface area contributed by atoms with Crippen LogP contribution in [0.25, 0.3) is 0 Å². The number of hydrogen-bond acceptors (Lipinski definition) is 6. The summed E-state index contributed by atoms with van der Waals surface area (Å²) in [7, 11) is 0.533. The van der Waals surface area contributed by atoms with Crippen molar-refractivity contribution in [1.82, 2.24) is 4.90 Å². The average molecular weight is 436 g/mol. The Morgan fingerprint density at radius 1 is 1.07 bits per heavy atom. The van der Waals surface area contributed by atoms with Crippen molar-refractivity contribution >= 4 is 32.8 Å². The van der Waals surface area contributed by atoms with Crippen molar-refractivity contribution in [3.63, 3.8) is 0 Å². The summed E-state index contributed by atoms with van der Waals surface area (Å²) in [6, 6.07) is 14.5. The van der Waals surface area contributed by atoms with Crippen LogP contribution in [0.5, 0.6) is 0 Å². The second-order valence-corrected chi connectivity index (χ2v) is 9.70. The monoisotopic (exact) mass is 435 g/mol. The van der Waals surface area contributed by atoms with E-state index in [0.29, 0.717) is 16.5 Å². The third-order valence-electron chi connectivity index (χ3n) is 4.65. The van der Waals surface area contributed by atoms with Crippen LogP contribution in [0.15, 0.2) is 58.5 Å². The van der Waals surface area contributed by atoms with Gasteiger partial charge in [-0.1, -0.05) is 23.7 Å². The molecule has 0 atom stereocenters. The largest absolute Gasteiger partial charge is 0.379 e. The molecule has 2 aromatic rings. The minimum Gasteiger partial charge on any atom is -0.379 e. The molecule has 0 amide bonds. The van der Waals surface area contributed by atoms with E-state index >= 15 is 0 Å². The number of hydrogen-bond donors (Lipinski definition) is 0. The van der Waals surface area contributed by atoms with Crippen LogP contribution in [0.2, 0.25) is 5.02 Å². The fraction of sp³-hybridized carbons (Fsp3) is 0.381. The van der Waals surface area contributed by atoms with E-state index in [0.717, 1.165) is 36.5 Å². The van der Waals surface area contributed by atoms with E-state index in [1.54, 1.807) is 24.3 Å². The molecule has 6 nitrogen and oxygen atoms in total. The Balaban J connectivity index is 1.60. The van der Waals surface area contributed by atoms with Crippen LogP contribution in [0.3, 0.4) is 0 Å².